The van der Waals surface area contributed by atoms with Crippen molar-refractivity contribution in [1.82, 2.24) is 10.6 Å². The van der Waals surface area contributed by atoms with Crippen molar-refractivity contribution in [3.8, 4) is 22.6 Å². The highest BCUT2D eigenvalue weighted by Gasteiger charge is 2.33. The Bertz CT molecular complexity index is 830. The number of nitrogens with one attached hydrogen (secondary N) is 2. The zero-order chi connectivity index (χ0) is 18.8. The summed E-state index contributed by atoms with van der Waals surface area (Å²) in [5.41, 5.74) is 1.39. The van der Waals surface area contributed by atoms with Gasteiger partial charge in [-0.05, 0) is 67.5 Å². The summed E-state index contributed by atoms with van der Waals surface area (Å²) in [6, 6.07) is 13.1. The SMILES string of the molecule is O=C(NCC1CC2CCC(C1)N2)Oc1ccc(O)cc1-c1cccc(Cl)c1. The number of aromatic hydroxyl groups is 1. The highest BCUT2D eigenvalue weighted by atomic mass is 35.5. The lowest BCUT2D eigenvalue weighted by Gasteiger charge is -2.29. The number of amides is 1. The van der Waals surface area contributed by atoms with E-state index in [0.29, 0.717) is 40.9 Å². The van der Waals surface area contributed by atoms with E-state index in [9.17, 15) is 9.90 Å². The number of fused-ring (bicyclic) bond motifs is 2. The molecule has 4 rings (SSSR count). The van der Waals surface area contributed by atoms with E-state index < -0.39 is 6.09 Å². The average molecular weight is 387 g/mol. The van der Waals surface area contributed by atoms with Gasteiger partial charge in [-0.2, -0.15) is 0 Å². The Morgan fingerprint density at radius 2 is 1.96 bits per heavy atom. The quantitative estimate of drug-likeness (QED) is 0.731. The molecule has 2 bridgehead atoms. The summed E-state index contributed by atoms with van der Waals surface area (Å²) in [5.74, 6) is 0.976. The van der Waals surface area contributed by atoms with Crippen LogP contribution in [0, 0.1) is 5.92 Å². The van der Waals surface area contributed by atoms with Crippen molar-refractivity contribution in [2.24, 2.45) is 5.92 Å². The summed E-state index contributed by atoms with van der Waals surface area (Å²) in [4.78, 5) is 12.3. The Labute approximate surface area is 163 Å². The third-order valence-corrected chi connectivity index (χ3v) is 5.64. The molecule has 3 N–H and O–H groups in total. The first kappa shape index (κ1) is 18.1. The molecule has 0 radical (unpaired) electrons. The monoisotopic (exact) mass is 386 g/mol. The number of carbonyl (C=O) groups excluding carboxylic acids is 1. The first-order valence-corrected chi connectivity index (χ1v) is 9.75. The van der Waals surface area contributed by atoms with Crippen LogP contribution >= 0.6 is 11.6 Å². The largest absolute Gasteiger partial charge is 0.508 e. The molecular weight excluding hydrogens is 364 g/mol. The maximum absolute atomic E-state index is 12.3. The lowest BCUT2D eigenvalue weighted by atomic mass is 9.92. The molecule has 0 aliphatic carbocycles. The van der Waals surface area contributed by atoms with Crippen LogP contribution in [0.2, 0.25) is 5.02 Å². The second-order valence-electron chi connectivity index (χ2n) is 7.44. The van der Waals surface area contributed by atoms with E-state index in [1.54, 1.807) is 24.3 Å². The summed E-state index contributed by atoms with van der Waals surface area (Å²) in [7, 11) is 0. The van der Waals surface area contributed by atoms with Crippen molar-refractivity contribution in [2.75, 3.05) is 6.54 Å². The summed E-state index contributed by atoms with van der Waals surface area (Å²) < 4.78 is 5.54. The minimum atomic E-state index is -0.477. The Kier molecular flexibility index (Phi) is 5.23. The van der Waals surface area contributed by atoms with Crippen molar-refractivity contribution in [1.29, 1.82) is 0 Å². The fraction of sp³-hybridized carbons (Fsp3) is 0.381. The molecular formula is C21H23ClN2O3. The minimum absolute atomic E-state index is 0.0999. The normalized spacial score (nSPS) is 23.8. The number of ether oxygens (including phenoxy) is 1. The van der Waals surface area contributed by atoms with Crippen LogP contribution in [0.25, 0.3) is 11.1 Å². The van der Waals surface area contributed by atoms with E-state index in [1.165, 1.54) is 18.9 Å². The molecule has 2 unspecified atom stereocenters. The molecule has 2 aliphatic heterocycles. The lowest BCUT2D eigenvalue weighted by molar-refractivity contribution is 0.194. The second kappa shape index (κ2) is 7.79. The predicted molar refractivity (Wildman–Crippen MR) is 105 cm³/mol. The Morgan fingerprint density at radius 3 is 2.70 bits per heavy atom. The molecule has 27 heavy (non-hydrogen) atoms. The van der Waals surface area contributed by atoms with Crippen molar-refractivity contribution < 1.29 is 14.6 Å². The Hall–Kier alpha value is -2.24. The van der Waals surface area contributed by atoms with Gasteiger partial charge in [0.1, 0.15) is 11.5 Å². The smallest absolute Gasteiger partial charge is 0.412 e. The summed E-state index contributed by atoms with van der Waals surface area (Å²) in [5, 5.41) is 16.9. The standard InChI is InChI=1S/C21H23ClN2O3/c22-15-3-1-2-14(10-15)19-11-18(25)6-7-20(19)27-21(26)23-12-13-8-16-4-5-17(9-13)24-16/h1-3,6-7,10-11,13,16-17,24-25H,4-5,8-9,12H2,(H,23,26). The summed E-state index contributed by atoms with van der Waals surface area (Å²) in [6.07, 6.45) is 4.20. The van der Waals surface area contributed by atoms with Crippen LogP contribution < -0.4 is 15.4 Å². The van der Waals surface area contributed by atoms with Crippen molar-refractivity contribution in [3.05, 3.63) is 47.5 Å². The van der Waals surface area contributed by atoms with E-state index in [2.05, 4.69) is 10.6 Å². The van der Waals surface area contributed by atoms with Gasteiger partial charge in [-0.1, -0.05) is 23.7 Å². The molecule has 0 saturated carbocycles. The number of carbonyl (C=O) groups is 1. The molecule has 142 valence electrons. The summed E-state index contributed by atoms with van der Waals surface area (Å²) in [6.45, 7) is 0.623. The summed E-state index contributed by atoms with van der Waals surface area (Å²) >= 11 is 6.07. The van der Waals surface area contributed by atoms with Gasteiger partial charge in [0, 0.05) is 29.2 Å². The number of rotatable bonds is 4. The van der Waals surface area contributed by atoms with Gasteiger partial charge >= 0.3 is 6.09 Å². The van der Waals surface area contributed by atoms with Crippen molar-refractivity contribution >= 4 is 17.7 Å². The second-order valence-corrected chi connectivity index (χ2v) is 7.87. The first-order chi connectivity index (χ1) is 13.1. The van der Waals surface area contributed by atoms with Crippen LogP contribution in [0.4, 0.5) is 4.79 Å². The zero-order valence-electron chi connectivity index (χ0n) is 15.0. The number of benzene rings is 2. The third kappa shape index (κ3) is 4.37. The fourth-order valence-electron chi connectivity index (χ4n) is 4.19. The molecule has 5 nitrogen and oxygen atoms in total. The van der Waals surface area contributed by atoms with Gasteiger partial charge in [-0.25, -0.2) is 4.79 Å². The molecule has 2 heterocycles. The number of halogens is 1. The predicted octanol–water partition coefficient (Wildman–Crippen LogP) is 4.33. The van der Waals surface area contributed by atoms with E-state index in [-0.39, 0.29) is 5.75 Å². The molecule has 2 saturated heterocycles. The molecule has 2 atom stereocenters. The van der Waals surface area contributed by atoms with E-state index in [4.69, 9.17) is 16.3 Å². The minimum Gasteiger partial charge on any atom is -0.508 e. The number of phenols is 1. The van der Waals surface area contributed by atoms with Crippen LogP contribution in [-0.4, -0.2) is 29.8 Å². The van der Waals surface area contributed by atoms with E-state index >= 15 is 0 Å². The maximum Gasteiger partial charge on any atom is 0.412 e. The Balaban J connectivity index is 1.42. The van der Waals surface area contributed by atoms with Crippen molar-refractivity contribution in [3.63, 3.8) is 0 Å². The number of phenolic OH excluding ortho intramolecular Hbond substituents is 1. The molecule has 0 spiro atoms. The highest BCUT2D eigenvalue weighted by Crippen LogP contribution is 2.34. The molecule has 2 aromatic carbocycles. The van der Waals surface area contributed by atoms with Crippen LogP contribution in [-0.2, 0) is 0 Å². The van der Waals surface area contributed by atoms with E-state index in [1.807, 2.05) is 12.1 Å². The molecule has 0 aromatic heterocycles. The Morgan fingerprint density at radius 1 is 1.19 bits per heavy atom. The molecule has 2 aromatic rings. The first-order valence-electron chi connectivity index (χ1n) is 9.37. The van der Waals surface area contributed by atoms with Crippen LogP contribution in [0.1, 0.15) is 25.7 Å². The molecule has 2 aliphatic rings. The van der Waals surface area contributed by atoms with Crippen molar-refractivity contribution in [2.45, 2.75) is 37.8 Å². The highest BCUT2D eigenvalue weighted by molar-refractivity contribution is 6.30. The van der Waals surface area contributed by atoms with Gasteiger partial charge in [0.05, 0.1) is 0 Å². The topological polar surface area (TPSA) is 70.6 Å². The average Bonchev–Trinajstić information content (AvgIpc) is 2.99. The zero-order valence-corrected chi connectivity index (χ0v) is 15.7. The fourth-order valence-corrected chi connectivity index (χ4v) is 4.38. The van der Waals surface area contributed by atoms with Crippen LogP contribution in [0.15, 0.2) is 42.5 Å². The van der Waals surface area contributed by atoms with Crippen LogP contribution in [0.3, 0.4) is 0 Å². The lowest BCUT2D eigenvalue weighted by Crippen LogP contribution is -2.42. The maximum atomic E-state index is 12.3. The van der Waals surface area contributed by atoms with Gasteiger partial charge in [-0.15, -0.1) is 0 Å². The molecule has 1 amide bonds. The van der Waals surface area contributed by atoms with Gasteiger partial charge in [0.25, 0.3) is 0 Å². The van der Waals surface area contributed by atoms with Gasteiger partial charge in [0.2, 0.25) is 0 Å². The number of hydrogen-bond donors (Lipinski definition) is 3. The third-order valence-electron chi connectivity index (χ3n) is 5.41. The molecule has 2 fully saturated rings. The van der Waals surface area contributed by atoms with Gasteiger partial charge < -0.3 is 20.5 Å². The van der Waals surface area contributed by atoms with Crippen LogP contribution in [0.5, 0.6) is 11.5 Å². The van der Waals surface area contributed by atoms with E-state index in [0.717, 1.165) is 18.4 Å². The molecule has 6 heteroatoms. The van der Waals surface area contributed by atoms with Gasteiger partial charge in [0.15, 0.2) is 0 Å². The number of hydrogen-bond acceptors (Lipinski definition) is 4. The van der Waals surface area contributed by atoms with Gasteiger partial charge in [-0.3, -0.25) is 0 Å². The number of piperidine rings is 1.